The number of hydrogen-bond acceptors (Lipinski definition) is 6. The number of hydrogen-bond donors (Lipinski definition) is 0. The van der Waals surface area contributed by atoms with E-state index in [9.17, 15) is 4.39 Å². The highest BCUT2D eigenvalue weighted by Gasteiger charge is 2.37. The van der Waals surface area contributed by atoms with Crippen LogP contribution in [0.25, 0.3) is 0 Å². The minimum Gasteiger partial charge on any atom is -0.464 e. The normalized spacial score (nSPS) is 16.7. The molecule has 0 saturated carbocycles. The smallest absolute Gasteiger partial charge is 0.318 e. The summed E-state index contributed by atoms with van der Waals surface area (Å²) < 4.78 is 19.1. The Morgan fingerprint density at radius 2 is 2.04 bits per heavy atom. The molecule has 1 aliphatic rings. The Morgan fingerprint density at radius 1 is 1.26 bits per heavy atom. The van der Waals surface area contributed by atoms with Crippen molar-refractivity contribution in [2.24, 2.45) is 0 Å². The lowest BCUT2D eigenvalue weighted by Gasteiger charge is -2.29. The number of halogens is 1. The molecular weight excluding hydrogens is 297 g/mol. The number of ether oxygens (including phenoxy) is 1. The van der Waals surface area contributed by atoms with Gasteiger partial charge in [0.05, 0.1) is 18.5 Å². The van der Waals surface area contributed by atoms with E-state index < -0.39 is 0 Å². The second-order valence-corrected chi connectivity index (χ2v) is 5.40. The molecule has 122 valence electrons. The third-order valence-electron chi connectivity index (χ3n) is 3.94. The minimum atomic E-state index is -0.347. The molecular formula is C16H20FN5O. The van der Waals surface area contributed by atoms with E-state index in [1.807, 2.05) is 27.8 Å². The van der Waals surface area contributed by atoms with Gasteiger partial charge in [-0.05, 0) is 26.8 Å². The van der Waals surface area contributed by atoms with Gasteiger partial charge in [0.25, 0.3) is 0 Å². The summed E-state index contributed by atoms with van der Waals surface area (Å²) in [7, 11) is 1.96. The molecule has 0 fully saturated rings. The summed E-state index contributed by atoms with van der Waals surface area (Å²) in [5.41, 5.74) is 2.56. The second-order valence-electron chi connectivity index (χ2n) is 5.40. The summed E-state index contributed by atoms with van der Waals surface area (Å²) >= 11 is 0. The van der Waals surface area contributed by atoms with Gasteiger partial charge >= 0.3 is 6.01 Å². The van der Waals surface area contributed by atoms with E-state index in [2.05, 4.69) is 24.8 Å². The van der Waals surface area contributed by atoms with Crippen molar-refractivity contribution in [1.29, 1.82) is 0 Å². The zero-order valence-corrected chi connectivity index (χ0v) is 13.7. The third-order valence-corrected chi connectivity index (χ3v) is 3.94. The third kappa shape index (κ3) is 2.56. The number of aryl methyl sites for hydroxylation is 1. The lowest BCUT2D eigenvalue weighted by Crippen LogP contribution is -2.33. The van der Waals surface area contributed by atoms with Crippen LogP contribution < -0.4 is 14.5 Å². The van der Waals surface area contributed by atoms with Crippen molar-refractivity contribution in [3.8, 4) is 6.01 Å². The van der Waals surface area contributed by atoms with Crippen LogP contribution in [0.1, 0.15) is 31.3 Å². The standard InChI is InChI=1S/C16H20FN5O/c1-5-22-14-13(10(3)19-16(20-14)23-6-2)21(4)15(22)11-7-12(17)9-18-8-11/h7-9,15H,5-6H2,1-4H3. The van der Waals surface area contributed by atoms with Crippen LogP contribution in [0.15, 0.2) is 18.5 Å². The van der Waals surface area contributed by atoms with E-state index in [1.165, 1.54) is 12.3 Å². The molecule has 0 spiro atoms. The van der Waals surface area contributed by atoms with Crippen LogP contribution in [-0.2, 0) is 0 Å². The number of pyridine rings is 1. The highest BCUT2D eigenvalue weighted by molar-refractivity contribution is 5.76. The van der Waals surface area contributed by atoms with Gasteiger partial charge in [-0.25, -0.2) is 4.39 Å². The molecule has 23 heavy (non-hydrogen) atoms. The minimum absolute atomic E-state index is 0.164. The maximum Gasteiger partial charge on any atom is 0.318 e. The lowest BCUT2D eigenvalue weighted by molar-refractivity contribution is 0.312. The van der Waals surface area contributed by atoms with Gasteiger partial charge in [-0.3, -0.25) is 4.98 Å². The molecule has 3 rings (SSSR count). The number of rotatable bonds is 4. The van der Waals surface area contributed by atoms with Crippen LogP contribution in [0.2, 0.25) is 0 Å². The summed E-state index contributed by atoms with van der Waals surface area (Å²) in [5.74, 6) is 0.459. The van der Waals surface area contributed by atoms with Crippen LogP contribution in [-0.4, -0.2) is 35.2 Å². The van der Waals surface area contributed by atoms with Crippen molar-refractivity contribution < 1.29 is 9.13 Å². The Labute approximate surface area is 134 Å². The van der Waals surface area contributed by atoms with E-state index in [0.717, 1.165) is 29.3 Å². The largest absolute Gasteiger partial charge is 0.464 e. The summed E-state index contributed by atoms with van der Waals surface area (Å²) in [6.45, 7) is 7.11. The summed E-state index contributed by atoms with van der Waals surface area (Å²) in [6, 6.07) is 1.88. The quantitative estimate of drug-likeness (QED) is 0.864. The first-order valence-electron chi connectivity index (χ1n) is 7.68. The first kappa shape index (κ1) is 15.5. The first-order chi connectivity index (χ1) is 11.1. The fraction of sp³-hybridized carbons (Fsp3) is 0.438. The monoisotopic (exact) mass is 317 g/mol. The van der Waals surface area contributed by atoms with E-state index >= 15 is 0 Å². The maximum absolute atomic E-state index is 13.6. The molecule has 0 amide bonds. The van der Waals surface area contributed by atoms with E-state index in [-0.39, 0.29) is 12.0 Å². The van der Waals surface area contributed by atoms with E-state index in [1.54, 1.807) is 6.20 Å². The zero-order valence-electron chi connectivity index (χ0n) is 13.7. The van der Waals surface area contributed by atoms with Gasteiger partial charge in [0.15, 0.2) is 5.82 Å². The fourth-order valence-electron chi connectivity index (χ4n) is 3.08. The number of nitrogens with zero attached hydrogens (tertiary/aromatic N) is 5. The highest BCUT2D eigenvalue weighted by atomic mass is 19.1. The molecule has 0 saturated heterocycles. The molecule has 1 aliphatic heterocycles. The molecule has 0 N–H and O–H groups in total. The van der Waals surface area contributed by atoms with Crippen LogP contribution in [0.4, 0.5) is 15.9 Å². The first-order valence-corrected chi connectivity index (χ1v) is 7.68. The molecule has 7 heteroatoms. The van der Waals surface area contributed by atoms with Gasteiger partial charge < -0.3 is 14.5 Å². The number of aromatic nitrogens is 3. The van der Waals surface area contributed by atoms with Crippen molar-refractivity contribution in [3.05, 3.63) is 35.5 Å². The SMILES string of the molecule is CCOc1nc(C)c2c(n1)N(CC)C(c1cncc(F)c1)N2C. The fourth-order valence-corrected chi connectivity index (χ4v) is 3.08. The lowest BCUT2D eigenvalue weighted by atomic mass is 10.2. The van der Waals surface area contributed by atoms with Gasteiger partial charge in [0.2, 0.25) is 0 Å². The topological polar surface area (TPSA) is 54.4 Å². The average molecular weight is 317 g/mol. The van der Waals surface area contributed by atoms with Crippen LogP contribution in [0.5, 0.6) is 6.01 Å². The summed E-state index contributed by atoms with van der Waals surface area (Å²) in [6.07, 6.45) is 2.73. The molecule has 0 bridgehead atoms. The van der Waals surface area contributed by atoms with Crippen molar-refractivity contribution >= 4 is 11.5 Å². The van der Waals surface area contributed by atoms with Gasteiger partial charge in [-0.1, -0.05) is 0 Å². The van der Waals surface area contributed by atoms with Gasteiger partial charge in [0, 0.05) is 25.4 Å². The highest BCUT2D eigenvalue weighted by Crippen LogP contribution is 2.45. The van der Waals surface area contributed by atoms with Crippen LogP contribution in [0.3, 0.4) is 0 Å². The molecule has 1 atom stereocenters. The van der Waals surface area contributed by atoms with E-state index in [4.69, 9.17) is 4.74 Å². The van der Waals surface area contributed by atoms with Crippen molar-refractivity contribution in [2.45, 2.75) is 26.9 Å². The molecule has 6 nitrogen and oxygen atoms in total. The predicted molar refractivity (Wildman–Crippen MR) is 86.3 cm³/mol. The molecule has 0 aliphatic carbocycles. The Morgan fingerprint density at radius 3 is 2.70 bits per heavy atom. The van der Waals surface area contributed by atoms with E-state index in [0.29, 0.717) is 12.6 Å². The van der Waals surface area contributed by atoms with Crippen LogP contribution >= 0.6 is 0 Å². The average Bonchev–Trinajstić information content (AvgIpc) is 2.80. The van der Waals surface area contributed by atoms with Crippen molar-refractivity contribution in [1.82, 2.24) is 15.0 Å². The predicted octanol–water partition coefficient (Wildman–Crippen LogP) is 2.69. The van der Waals surface area contributed by atoms with Crippen molar-refractivity contribution in [2.75, 3.05) is 30.0 Å². The number of anilines is 2. The summed E-state index contributed by atoms with van der Waals surface area (Å²) in [4.78, 5) is 17.1. The summed E-state index contributed by atoms with van der Waals surface area (Å²) in [5, 5.41) is 0. The zero-order chi connectivity index (χ0) is 16.6. The molecule has 3 heterocycles. The van der Waals surface area contributed by atoms with Gasteiger partial charge in [0.1, 0.15) is 17.7 Å². The number of fused-ring (bicyclic) bond motifs is 1. The Hall–Kier alpha value is -2.44. The maximum atomic E-state index is 13.6. The molecule has 1 unspecified atom stereocenters. The Bertz CT molecular complexity index is 724. The molecule has 0 aromatic carbocycles. The Balaban J connectivity index is 2.10. The van der Waals surface area contributed by atoms with Gasteiger partial charge in [-0.15, -0.1) is 0 Å². The van der Waals surface area contributed by atoms with Gasteiger partial charge in [-0.2, -0.15) is 9.97 Å². The Kier molecular flexibility index (Phi) is 4.02. The molecule has 0 radical (unpaired) electrons. The van der Waals surface area contributed by atoms with Crippen LogP contribution in [0, 0.1) is 12.7 Å². The second kappa shape index (κ2) is 5.98. The molecule has 2 aromatic rings. The molecule has 2 aromatic heterocycles. The van der Waals surface area contributed by atoms with Crippen molar-refractivity contribution in [3.63, 3.8) is 0 Å².